The number of benzene rings is 1. The lowest BCUT2D eigenvalue weighted by atomic mass is 9.92. The zero-order chi connectivity index (χ0) is 26.1. The van der Waals surface area contributed by atoms with Gasteiger partial charge in [-0.3, -0.25) is 9.48 Å². The van der Waals surface area contributed by atoms with Crippen molar-refractivity contribution in [3.8, 4) is 11.3 Å². The van der Waals surface area contributed by atoms with E-state index in [-0.39, 0.29) is 41.8 Å². The highest BCUT2D eigenvalue weighted by Crippen LogP contribution is 2.36. The van der Waals surface area contributed by atoms with Crippen molar-refractivity contribution in [1.82, 2.24) is 19.4 Å². The molecule has 1 aliphatic heterocycles. The molecule has 2 heterocycles. The molecule has 0 unspecified atom stereocenters. The largest absolute Gasteiger partial charge is 0.480 e. The van der Waals surface area contributed by atoms with Crippen LogP contribution in [0.5, 0.6) is 0 Å². The first kappa shape index (κ1) is 27.0. The second kappa shape index (κ2) is 10.7. The molecule has 0 radical (unpaired) electrons. The molecule has 1 saturated heterocycles. The first-order chi connectivity index (χ1) is 17.0. The fraction of sp³-hybridized carbons (Fsp3) is 0.583. The van der Waals surface area contributed by atoms with Crippen molar-refractivity contribution < 1.29 is 27.1 Å². The summed E-state index contributed by atoms with van der Waals surface area (Å²) in [5, 5.41) is 17.6. The summed E-state index contributed by atoms with van der Waals surface area (Å²) < 4.78 is 56.3. The van der Waals surface area contributed by atoms with Gasteiger partial charge in [-0.2, -0.15) is 9.40 Å². The van der Waals surface area contributed by atoms with Crippen LogP contribution in [-0.4, -0.2) is 64.7 Å². The number of halogens is 3. The zero-order valence-electron chi connectivity index (χ0n) is 20.1. The summed E-state index contributed by atoms with van der Waals surface area (Å²) in [5.41, 5.74) is 1.46. The Morgan fingerprint density at radius 1 is 1.28 bits per heavy atom. The van der Waals surface area contributed by atoms with E-state index in [9.17, 15) is 27.1 Å². The number of hydrogen-bond acceptors (Lipinski definition) is 5. The summed E-state index contributed by atoms with van der Waals surface area (Å²) in [6, 6.07) is 3.82. The number of nitrogens with one attached hydrogen (secondary N) is 1. The molecule has 0 amide bonds. The Hall–Kier alpha value is -2.08. The molecule has 1 atom stereocenters. The second-order valence-electron chi connectivity index (χ2n) is 9.64. The highest BCUT2D eigenvalue weighted by Gasteiger charge is 2.41. The second-order valence-corrected chi connectivity index (χ2v) is 11.9. The van der Waals surface area contributed by atoms with Gasteiger partial charge in [0, 0.05) is 43.7 Å². The first-order valence-corrected chi connectivity index (χ1v) is 14.0. The lowest BCUT2D eigenvalue weighted by Crippen LogP contribution is -2.40. The monoisotopic (exact) mass is 544 g/mol. The minimum Gasteiger partial charge on any atom is -0.480 e. The van der Waals surface area contributed by atoms with Crippen molar-refractivity contribution in [3.63, 3.8) is 0 Å². The molecule has 198 valence electrons. The predicted molar refractivity (Wildman–Crippen MR) is 132 cm³/mol. The summed E-state index contributed by atoms with van der Waals surface area (Å²) in [4.78, 5) is 11.6. The van der Waals surface area contributed by atoms with Crippen LogP contribution in [0.3, 0.4) is 0 Å². The third-order valence-corrected chi connectivity index (χ3v) is 9.14. The number of carbonyl (C=O) groups is 1. The van der Waals surface area contributed by atoms with Crippen molar-refractivity contribution in [3.05, 3.63) is 35.0 Å². The van der Waals surface area contributed by atoms with E-state index in [1.165, 1.54) is 6.07 Å². The number of aromatic nitrogens is 2. The van der Waals surface area contributed by atoms with E-state index in [1.54, 1.807) is 23.0 Å². The van der Waals surface area contributed by atoms with Gasteiger partial charge >= 0.3 is 5.97 Å². The van der Waals surface area contributed by atoms with Crippen molar-refractivity contribution in [2.45, 2.75) is 81.3 Å². The summed E-state index contributed by atoms with van der Waals surface area (Å²) in [5.74, 6) is -3.71. The molecule has 2 N–H and O–H groups in total. The molecular weight excluding hydrogens is 514 g/mol. The van der Waals surface area contributed by atoms with Crippen LogP contribution < -0.4 is 5.32 Å². The molecule has 2 aliphatic rings. The Morgan fingerprint density at radius 3 is 2.69 bits per heavy atom. The molecule has 12 heteroatoms. The Kier molecular flexibility index (Phi) is 8.04. The van der Waals surface area contributed by atoms with Gasteiger partial charge < -0.3 is 10.4 Å². The van der Waals surface area contributed by atoms with Crippen LogP contribution in [0.4, 0.5) is 8.78 Å². The molecule has 36 heavy (non-hydrogen) atoms. The number of nitrogens with zero attached hydrogens (tertiary/aromatic N) is 3. The zero-order valence-corrected chi connectivity index (χ0v) is 21.7. The van der Waals surface area contributed by atoms with E-state index in [0.29, 0.717) is 50.0 Å². The molecule has 1 aromatic heterocycles. The van der Waals surface area contributed by atoms with Crippen molar-refractivity contribution in [2.75, 3.05) is 13.1 Å². The molecule has 0 bridgehead atoms. The topological polar surface area (TPSA) is 105 Å². The predicted octanol–water partition coefficient (Wildman–Crippen LogP) is 4.31. The van der Waals surface area contributed by atoms with Crippen LogP contribution in [0, 0.1) is 6.92 Å². The number of hydrogen-bond donors (Lipinski definition) is 2. The molecule has 2 fully saturated rings. The quantitative estimate of drug-likeness (QED) is 0.456. The number of sulfonamides is 1. The highest BCUT2D eigenvalue weighted by molar-refractivity contribution is 7.89. The maximum absolute atomic E-state index is 13.5. The normalized spacial score (nSPS) is 21.2. The van der Waals surface area contributed by atoms with Gasteiger partial charge in [0.15, 0.2) is 0 Å². The van der Waals surface area contributed by atoms with Gasteiger partial charge in [0.05, 0.1) is 9.92 Å². The fourth-order valence-electron chi connectivity index (χ4n) is 4.94. The third kappa shape index (κ3) is 5.90. The minimum absolute atomic E-state index is 0.0239. The van der Waals surface area contributed by atoms with Crippen LogP contribution in [0.2, 0.25) is 5.02 Å². The van der Waals surface area contributed by atoms with Crippen molar-refractivity contribution in [2.24, 2.45) is 0 Å². The average Bonchev–Trinajstić information content (AvgIpc) is 3.45. The van der Waals surface area contributed by atoms with Gasteiger partial charge in [-0.1, -0.05) is 23.2 Å². The van der Waals surface area contributed by atoms with Gasteiger partial charge in [0.1, 0.15) is 11.7 Å². The summed E-state index contributed by atoms with van der Waals surface area (Å²) in [6.45, 7) is 3.11. The molecule has 2 aromatic rings. The fourth-order valence-corrected chi connectivity index (χ4v) is 7.02. The van der Waals surface area contributed by atoms with Crippen LogP contribution in [0.25, 0.3) is 11.3 Å². The summed E-state index contributed by atoms with van der Waals surface area (Å²) >= 11 is 6.48. The maximum Gasteiger partial charge on any atom is 0.322 e. The lowest BCUT2D eigenvalue weighted by molar-refractivity contribution is -0.140. The Labute approximate surface area is 214 Å². The number of carboxylic acid groups (broad SMARTS) is 1. The van der Waals surface area contributed by atoms with E-state index in [1.807, 2.05) is 6.92 Å². The molecule has 1 saturated carbocycles. The Morgan fingerprint density at radius 2 is 2.00 bits per heavy atom. The van der Waals surface area contributed by atoms with Crippen LogP contribution in [0.1, 0.15) is 50.5 Å². The standard InChI is InChI=1S/C24H31ClF2N4O4S/c1-16-5-6-21(36(34,35)31-13-2-4-20(31)23(32)33)18(14-16)22-19(25)15-30(29-22)12-3-11-28-17-7-9-24(26,27)10-8-17/h5-6,14-15,17,20,28H,2-4,7-13H2,1H3,(H,32,33)/t20-/m0/s1. The van der Waals surface area contributed by atoms with E-state index < -0.39 is 28.0 Å². The molecular formula is C24H31ClF2N4O4S. The van der Waals surface area contributed by atoms with E-state index in [0.717, 1.165) is 9.87 Å². The Bertz CT molecular complexity index is 1210. The number of aliphatic carboxylic acids is 1. The first-order valence-electron chi connectivity index (χ1n) is 12.2. The maximum atomic E-state index is 13.5. The molecule has 0 spiro atoms. The summed E-state index contributed by atoms with van der Waals surface area (Å²) in [7, 11) is -4.10. The van der Waals surface area contributed by atoms with Gasteiger partial charge in [0.25, 0.3) is 0 Å². The van der Waals surface area contributed by atoms with Crippen LogP contribution in [-0.2, 0) is 21.4 Å². The van der Waals surface area contributed by atoms with E-state index >= 15 is 0 Å². The number of alkyl halides is 2. The molecule has 8 nitrogen and oxygen atoms in total. The average molecular weight is 545 g/mol. The van der Waals surface area contributed by atoms with Crippen molar-refractivity contribution >= 4 is 27.6 Å². The van der Waals surface area contributed by atoms with Gasteiger partial charge in [-0.15, -0.1) is 0 Å². The third-order valence-electron chi connectivity index (χ3n) is 6.90. The van der Waals surface area contributed by atoms with Crippen LogP contribution in [0.15, 0.2) is 29.3 Å². The van der Waals surface area contributed by atoms with Gasteiger partial charge in [-0.05, 0) is 57.7 Å². The molecule has 1 aliphatic carbocycles. The number of aryl methyl sites for hydroxylation is 2. The SMILES string of the molecule is Cc1ccc(S(=O)(=O)N2CCC[C@H]2C(=O)O)c(-c2nn(CCCNC3CCC(F)(F)CC3)cc2Cl)c1. The number of rotatable bonds is 9. The van der Waals surface area contributed by atoms with E-state index in [2.05, 4.69) is 10.4 Å². The van der Waals surface area contributed by atoms with E-state index in [4.69, 9.17) is 11.6 Å². The highest BCUT2D eigenvalue weighted by atomic mass is 35.5. The lowest BCUT2D eigenvalue weighted by Gasteiger charge is -2.28. The van der Waals surface area contributed by atoms with Gasteiger partial charge in [-0.25, -0.2) is 17.2 Å². The summed E-state index contributed by atoms with van der Waals surface area (Å²) in [6.07, 6.45) is 3.80. The Balaban J connectivity index is 1.48. The van der Waals surface area contributed by atoms with Gasteiger partial charge in [0.2, 0.25) is 15.9 Å². The van der Waals surface area contributed by atoms with Crippen LogP contribution >= 0.6 is 11.6 Å². The molecule has 1 aromatic carbocycles. The smallest absolute Gasteiger partial charge is 0.322 e. The minimum atomic E-state index is -4.10. The number of carboxylic acids is 1. The molecule has 4 rings (SSSR count). The van der Waals surface area contributed by atoms with Crippen molar-refractivity contribution in [1.29, 1.82) is 0 Å².